The van der Waals surface area contributed by atoms with Crippen LogP contribution in [0, 0.1) is 0 Å². The van der Waals surface area contributed by atoms with Crippen LogP contribution in [0.2, 0.25) is 10.0 Å². The van der Waals surface area contributed by atoms with Crippen LogP contribution < -0.4 is 5.32 Å². The molecular weight excluding hydrogens is 297 g/mol. The van der Waals surface area contributed by atoms with Gasteiger partial charge in [-0.15, -0.1) is 0 Å². The number of hydrogen-bond acceptors (Lipinski definition) is 3. The monoisotopic (exact) mass is 305 g/mol. The summed E-state index contributed by atoms with van der Waals surface area (Å²) in [4.78, 5) is 33.0. The second kappa shape index (κ2) is 6.40. The molecule has 0 saturated carbocycles. The van der Waals surface area contributed by atoms with Crippen molar-refractivity contribution < 1.29 is 24.6 Å². The van der Waals surface area contributed by atoms with E-state index in [4.69, 9.17) is 33.4 Å². The first kappa shape index (κ1) is 15.3. The number of carbonyl (C=O) groups is 3. The Morgan fingerprint density at radius 3 is 2.05 bits per heavy atom. The molecule has 0 unspecified atom stereocenters. The van der Waals surface area contributed by atoms with Gasteiger partial charge in [0.1, 0.15) is 6.04 Å². The number of carboxylic acids is 2. The van der Waals surface area contributed by atoms with Crippen molar-refractivity contribution in [1.29, 1.82) is 0 Å². The van der Waals surface area contributed by atoms with Crippen molar-refractivity contribution in [3.63, 3.8) is 0 Å². The molecule has 1 aromatic carbocycles. The van der Waals surface area contributed by atoms with E-state index < -0.39 is 30.3 Å². The Hall–Kier alpha value is -1.79. The van der Waals surface area contributed by atoms with Crippen LogP contribution in [0.15, 0.2) is 18.2 Å². The van der Waals surface area contributed by atoms with Crippen LogP contribution in [0.5, 0.6) is 0 Å². The molecule has 0 radical (unpaired) electrons. The third-order valence-corrected chi connectivity index (χ3v) is 2.54. The molecule has 0 saturated heterocycles. The summed E-state index contributed by atoms with van der Waals surface area (Å²) in [7, 11) is 0. The molecule has 0 aliphatic rings. The van der Waals surface area contributed by atoms with Gasteiger partial charge in [0.05, 0.1) is 6.42 Å². The second-order valence-electron chi connectivity index (χ2n) is 3.62. The number of amides is 1. The summed E-state index contributed by atoms with van der Waals surface area (Å²) in [5, 5.41) is 19.8. The van der Waals surface area contributed by atoms with Crippen LogP contribution >= 0.6 is 23.2 Å². The lowest BCUT2D eigenvalue weighted by atomic mass is 10.1. The third-order valence-electron chi connectivity index (χ3n) is 2.11. The fraction of sp³-hybridized carbons (Fsp3) is 0.182. The van der Waals surface area contributed by atoms with E-state index in [9.17, 15) is 14.4 Å². The Bertz CT molecular complexity index is 512. The SMILES string of the molecule is O=C(O)C[C@H](NC(=O)c1cc(Cl)cc(Cl)c1)C(=O)O. The minimum atomic E-state index is -1.53. The molecule has 0 fully saturated rings. The van der Waals surface area contributed by atoms with E-state index in [-0.39, 0.29) is 15.6 Å². The molecule has 1 rings (SSSR count). The van der Waals surface area contributed by atoms with E-state index in [2.05, 4.69) is 5.32 Å². The van der Waals surface area contributed by atoms with Gasteiger partial charge in [-0.25, -0.2) is 4.79 Å². The van der Waals surface area contributed by atoms with Crippen molar-refractivity contribution in [2.45, 2.75) is 12.5 Å². The van der Waals surface area contributed by atoms with Crippen molar-refractivity contribution >= 4 is 41.0 Å². The van der Waals surface area contributed by atoms with Crippen molar-refractivity contribution in [2.24, 2.45) is 0 Å². The molecule has 0 heterocycles. The maximum atomic E-state index is 11.8. The predicted octanol–water partition coefficient (Wildman–Crippen LogP) is 1.65. The van der Waals surface area contributed by atoms with Gasteiger partial charge in [-0.3, -0.25) is 9.59 Å². The molecule has 0 aliphatic heterocycles. The van der Waals surface area contributed by atoms with Crippen LogP contribution in [0.25, 0.3) is 0 Å². The Labute approximate surface area is 117 Å². The minimum Gasteiger partial charge on any atom is -0.481 e. The molecule has 102 valence electrons. The third kappa shape index (κ3) is 4.76. The lowest BCUT2D eigenvalue weighted by Gasteiger charge is -2.12. The fourth-order valence-corrected chi connectivity index (χ4v) is 1.83. The van der Waals surface area contributed by atoms with Gasteiger partial charge in [-0.1, -0.05) is 23.2 Å². The topological polar surface area (TPSA) is 104 Å². The van der Waals surface area contributed by atoms with Crippen LogP contribution in [0.3, 0.4) is 0 Å². The number of carbonyl (C=O) groups excluding carboxylic acids is 1. The largest absolute Gasteiger partial charge is 0.481 e. The normalized spacial score (nSPS) is 11.7. The van der Waals surface area contributed by atoms with Gasteiger partial charge >= 0.3 is 11.9 Å². The predicted molar refractivity (Wildman–Crippen MR) is 67.6 cm³/mol. The first-order valence-corrected chi connectivity index (χ1v) is 5.76. The molecule has 1 atom stereocenters. The van der Waals surface area contributed by atoms with Gasteiger partial charge in [-0.05, 0) is 18.2 Å². The highest BCUT2D eigenvalue weighted by atomic mass is 35.5. The van der Waals surface area contributed by atoms with E-state index >= 15 is 0 Å². The average molecular weight is 306 g/mol. The van der Waals surface area contributed by atoms with Crippen LogP contribution in [0.4, 0.5) is 0 Å². The van der Waals surface area contributed by atoms with Crippen molar-refractivity contribution in [3.05, 3.63) is 33.8 Å². The van der Waals surface area contributed by atoms with E-state index in [1.807, 2.05) is 0 Å². The van der Waals surface area contributed by atoms with E-state index in [0.29, 0.717) is 0 Å². The van der Waals surface area contributed by atoms with Gasteiger partial charge in [0.25, 0.3) is 5.91 Å². The zero-order chi connectivity index (χ0) is 14.6. The molecule has 0 bridgehead atoms. The summed E-state index contributed by atoms with van der Waals surface area (Å²) in [5.41, 5.74) is 0.0501. The summed E-state index contributed by atoms with van der Waals surface area (Å²) in [6.45, 7) is 0. The lowest BCUT2D eigenvalue weighted by Crippen LogP contribution is -2.42. The molecule has 3 N–H and O–H groups in total. The molecule has 8 heteroatoms. The van der Waals surface area contributed by atoms with Crippen molar-refractivity contribution in [2.75, 3.05) is 0 Å². The lowest BCUT2D eigenvalue weighted by molar-refractivity contribution is -0.145. The maximum Gasteiger partial charge on any atom is 0.326 e. The van der Waals surface area contributed by atoms with Gasteiger partial charge in [-0.2, -0.15) is 0 Å². The number of rotatable bonds is 5. The van der Waals surface area contributed by atoms with Gasteiger partial charge in [0.2, 0.25) is 0 Å². The number of nitrogens with one attached hydrogen (secondary N) is 1. The summed E-state index contributed by atoms with van der Waals surface area (Å²) in [6.07, 6.45) is -0.727. The first-order chi connectivity index (χ1) is 8.79. The summed E-state index contributed by atoms with van der Waals surface area (Å²) >= 11 is 11.4. The first-order valence-electron chi connectivity index (χ1n) is 5.01. The Morgan fingerprint density at radius 2 is 1.63 bits per heavy atom. The number of carboxylic acid groups (broad SMARTS) is 2. The van der Waals surface area contributed by atoms with Crippen LogP contribution in [0.1, 0.15) is 16.8 Å². The minimum absolute atomic E-state index is 0.0501. The molecule has 0 spiro atoms. The Morgan fingerprint density at radius 1 is 1.11 bits per heavy atom. The highest BCUT2D eigenvalue weighted by Crippen LogP contribution is 2.19. The molecule has 0 aliphatic carbocycles. The van der Waals surface area contributed by atoms with Gasteiger partial charge in [0, 0.05) is 15.6 Å². The molecule has 6 nitrogen and oxygen atoms in total. The quantitative estimate of drug-likeness (QED) is 0.767. The molecule has 0 aromatic heterocycles. The standard InChI is InChI=1S/C11H9Cl2NO5/c12-6-1-5(2-7(13)3-6)10(17)14-8(11(18)19)4-9(15)16/h1-3,8H,4H2,(H,14,17)(H,15,16)(H,18,19)/t8-/m0/s1. The van der Waals surface area contributed by atoms with E-state index in [1.165, 1.54) is 18.2 Å². The van der Waals surface area contributed by atoms with Crippen LogP contribution in [-0.4, -0.2) is 34.1 Å². The number of hydrogen-bond donors (Lipinski definition) is 3. The van der Waals surface area contributed by atoms with E-state index in [1.54, 1.807) is 0 Å². The highest BCUT2D eigenvalue weighted by Gasteiger charge is 2.23. The van der Waals surface area contributed by atoms with Gasteiger partial charge in [0.15, 0.2) is 0 Å². The summed E-state index contributed by atoms with van der Waals surface area (Å²) < 4.78 is 0. The number of benzene rings is 1. The number of aliphatic carboxylic acids is 2. The van der Waals surface area contributed by atoms with Crippen molar-refractivity contribution in [3.8, 4) is 0 Å². The fourth-order valence-electron chi connectivity index (χ4n) is 1.30. The Balaban J connectivity index is 2.87. The number of halogens is 2. The summed E-state index contributed by atoms with van der Waals surface area (Å²) in [5.74, 6) is -3.54. The maximum absolute atomic E-state index is 11.8. The highest BCUT2D eigenvalue weighted by molar-refractivity contribution is 6.35. The molecule has 1 aromatic rings. The smallest absolute Gasteiger partial charge is 0.326 e. The second-order valence-corrected chi connectivity index (χ2v) is 4.49. The molecular formula is C11H9Cl2NO5. The van der Waals surface area contributed by atoms with Gasteiger partial charge < -0.3 is 15.5 Å². The summed E-state index contributed by atoms with van der Waals surface area (Å²) in [6, 6.07) is 2.47. The average Bonchev–Trinajstić information content (AvgIpc) is 2.25. The Kier molecular flexibility index (Phi) is 5.14. The molecule has 19 heavy (non-hydrogen) atoms. The zero-order valence-electron chi connectivity index (χ0n) is 9.39. The van der Waals surface area contributed by atoms with Crippen molar-refractivity contribution in [1.82, 2.24) is 5.32 Å². The van der Waals surface area contributed by atoms with E-state index in [0.717, 1.165) is 0 Å². The zero-order valence-corrected chi connectivity index (χ0v) is 10.9. The van der Waals surface area contributed by atoms with Crippen LogP contribution in [-0.2, 0) is 9.59 Å². The molecule has 1 amide bonds.